The number of halogens is 1. The summed E-state index contributed by atoms with van der Waals surface area (Å²) < 4.78 is 2.73. The van der Waals surface area contributed by atoms with Crippen molar-refractivity contribution in [2.75, 3.05) is 0 Å². The van der Waals surface area contributed by atoms with Crippen LogP contribution in [0.3, 0.4) is 0 Å². The standard InChI is InChI=1S/C24H13BrN2O/c25-19-11-10-17-22-16(19)7-4-8-18(22)24(28)27-21-12-9-15(13-20(21)26-23(17)27)14-5-2-1-3-6-14/h1-13H. The molecule has 0 aliphatic heterocycles. The van der Waals surface area contributed by atoms with Crippen LogP contribution in [-0.2, 0) is 0 Å². The van der Waals surface area contributed by atoms with E-state index < -0.39 is 0 Å². The number of nitrogens with zero attached hydrogens (tertiary/aromatic N) is 2. The van der Waals surface area contributed by atoms with Crippen molar-refractivity contribution in [3.05, 3.63) is 93.7 Å². The smallest absolute Gasteiger partial charge is 0.264 e. The molecule has 0 unspecified atom stereocenters. The molecule has 2 aromatic heterocycles. The Balaban J connectivity index is 1.80. The van der Waals surface area contributed by atoms with Crippen molar-refractivity contribution < 1.29 is 0 Å². The summed E-state index contributed by atoms with van der Waals surface area (Å²) in [7, 11) is 0. The zero-order valence-corrected chi connectivity index (χ0v) is 16.3. The first-order valence-electron chi connectivity index (χ1n) is 9.06. The maximum absolute atomic E-state index is 13.3. The van der Waals surface area contributed by atoms with Gasteiger partial charge >= 0.3 is 0 Å². The molecule has 6 rings (SSSR count). The molecule has 0 bridgehead atoms. The lowest BCUT2D eigenvalue weighted by Gasteiger charge is -2.08. The number of aromatic nitrogens is 2. The Morgan fingerprint density at radius 2 is 1.57 bits per heavy atom. The summed E-state index contributed by atoms with van der Waals surface area (Å²) in [4.78, 5) is 18.2. The number of rotatable bonds is 1. The van der Waals surface area contributed by atoms with E-state index in [2.05, 4.69) is 40.2 Å². The Kier molecular flexibility index (Phi) is 3.17. The molecular formula is C24H13BrN2O. The highest BCUT2D eigenvalue weighted by atomic mass is 79.9. The van der Waals surface area contributed by atoms with Crippen molar-refractivity contribution in [1.29, 1.82) is 0 Å². The molecule has 0 atom stereocenters. The first kappa shape index (κ1) is 15.8. The summed E-state index contributed by atoms with van der Waals surface area (Å²) in [6.45, 7) is 0. The van der Waals surface area contributed by atoms with Gasteiger partial charge in [0.05, 0.1) is 11.0 Å². The summed E-state index contributed by atoms with van der Waals surface area (Å²) in [5.41, 5.74) is 4.58. The van der Waals surface area contributed by atoms with Crippen molar-refractivity contribution in [2.24, 2.45) is 0 Å². The SMILES string of the molecule is O=c1c2cccc3c(Br)ccc(c32)c2nc3cc(-c4ccccc4)ccc3n12. The number of hydrogen-bond acceptors (Lipinski definition) is 2. The van der Waals surface area contributed by atoms with Crippen LogP contribution in [0, 0.1) is 0 Å². The Bertz CT molecular complexity index is 1590. The van der Waals surface area contributed by atoms with Gasteiger partial charge in [-0.2, -0.15) is 0 Å². The second-order valence-corrected chi connectivity index (χ2v) is 7.82. The van der Waals surface area contributed by atoms with Crippen LogP contribution in [-0.4, -0.2) is 9.38 Å². The fourth-order valence-corrected chi connectivity index (χ4v) is 4.60. The molecule has 0 amide bonds. The van der Waals surface area contributed by atoms with Crippen LogP contribution in [0.4, 0.5) is 0 Å². The first-order valence-corrected chi connectivity index (χ1v) is 9.86. The number of fused-ring (bicyclic) bond motifs is 4. The number of benzene rings is 4. The lowest BCUT2D eigenvalue weighted by Crippen LogP contribution is -2.13. The average molecular weight is 425 g/mol. The zero-order chi connectivity index (χ0) is 18.8. The van der Waals surface area contributed by atoms with Crippen molar-refractivity contribution >= 4 is 54.2 Å². The van der Waals surface area contributed by atoms with Gasteiger partial charge in [-0.1, -0.05) is 64.5 Å². The maximum Gasteiger partial charge on any atom is 0.264 e. The van der Waals surface area contributed by atoms with Crippen molar-refractivity contribution in [2.45, 2.75) is 0 Å². The van der Waals surface area contributed by atoms with E-state index in [0.29, 0.717) is 11.0 Å². The van der Waals surface area contributed by atoms with Gasteiger partial charge in [-0.25, -0.2) is 4.98 Å². The van der Waals surface area contributed by atoms with Crippen LogP contribution in [0.2, 0.25) is 0 Å². The second kappa shape index (κ2) is 5.63. The third kappa shape index (κ3) is 2.04. The first-order chi connectivity index (χ1) is 13.7. The maximum atomic E-state index is 13.3. The molecule has 28 heavy (non-hydrogen) atoms. The van der Waals surface area contributed by atoms with Crippen molar-refractivity contribution in [3.63, 3.8) is 0 Å². The van der Waals surface area contributed by atoms with Gasteiger partial charge in [-0.15, -0.1) is 0 Å². The van der Waals surface area contributed by atoms with Gasteiger partial charge < -0.3 is 0 Å². The number of pyridine rings is 1. The van der Waals surface area contributed by atoms with E-state index in [1.165, 1.54) is 0 Å². The van der Waals surface area contributed by atoms with Crippen LogP contribution in [0.15, 0.2) is 88.1 Å². The van der Waals surface area contributed by atoms with Crippen LogP contribution in [0.5, 0.6) is 0 Å². The van der Waals surface area contributed by atoms with Gasteiger partial charge in [-0.05, 0) is 46.8 Å². The third-order valence-corrected chi connectivity index (χ3v) is 6.11. The highest BCUT2D eigenvalue weighted by molar-refractivity contribution is 9.10. The molecule has 0 saturated carbocycles. The van der Waals surface area contributed by atoms with E-state index in [4.69, 9.17) is 4.98 Å². The van der Waals surface area contributed by atoms with E-state index in [0.717, 1.165) is 42.8 Å². The Labute approximate surface area is 168 Å². The van der Waals surface area contributed by atoms with Crippen LogP contribution < -0.4 is 5.56 Å². The summed E-state index contributed by atoms with van der Waals surface area (Å²) in [6.07, 6.45) is 0. The molecule has 0 aliphatic carbocycles. The topological polar surface area (TPSA) is 34.4 Å². The molecule has 0 aliphatic rings. The Hall–Kier alpha value is -3.24. The fraction of sp³-hybridized carbons (Fsp3) is 0. The highest BCUT2D eigenvalue weighted by Gasteiger charge is 2.17. The van der Waals surface area contributed by atoms with Crippen LogP contribution >= 0.6 is 15.9 Å². The van der Waals surface area contributed by atoms with Gasteiger partial charge in [0.25, 0.3) is 5.56 Å². The van der Waals surface area contributed by atoms with Crippen LogP contribution in [0.25, 0.3) is 49.4 Å². The molecule has 0 N–H and O–H groups in total. The van der Waals surface area contributed by atoms with E-state index in [-0.39, 0.29) is 5.56 Å². The number of hydrogen-bond donors (Lipinski definition) is 0. The van der Waals surface area contributed by atoms with Crippen molar-refractivity contribution in [3.8, 4) is 11.1 Å². The molecule has 132 valence electrons. The Morgan fingerprint density at radius 3 is 2.43 bits per heavy atom. The lowest BCUT2D eigenvalue weighted by molar-refractivity contribution is 1.19. The van der Waals surface area contributed by atoms with Gasteiger partial charge in [0.15, 0.2) is 0 Å². The molecule has 6 aromatic rings. The largest absolute Gasteiger partial charge is 0.268 e. The summed E-state index contributed by atoms with van der Waals surface area (Å²) in [5, 5.41) is 3.71. The molecule has 2 heterocycles. The predicted molar refractivity (Wildman–Crippen MR) is 118 cm³/mol. The van der Waals surface area contributed by atoms with E-state index in [1.807, 2.05) is 54.6 Å². The van der Waals surface area contributed by atoms with Gasteiger partial charge in [0.1, 0.15) is 5.65 Å². The molecule has 0 fully saturated rings. The van der Waals surface area contributed by atoms with Gasteiger partial charge in [0.2, 0.25) is 0 Å². The molecule has 0 spiro atoms. The molecular weight excluding hydrogens is 412 g/mol. The lowest BCUT2D eigenvalue weighted by atomic mass is 10.0. The minimum Gasteiger partial charge on any atom is -0.268 e. The van der Waals surface area contributed by atoms with Crippen molar-refractivity contribution in [1.82, 2.24) is 9.38 Å². The predicted octanol–water partition coefficient (Wildman–Crippen LogP) is 6.02. The summed E-state index contributed by atoms with van der Waals surface area (Å²) in [6, 6.07) is 26.2. The fourth-order valence-electron chi connectivity index (χ4n) is 4.13. The number of imidazole rings is 1. The molecule has 0 radical (unpaired) electrons. The van der Waals surface area contributed by atoms with Gasteiger partial charge in [-0.3, -0.25) is 9.20 Å². The van der Waals surface area contributed by atoms with E-state index >= 15 is 0 Å². The summed E-state index contributed by atoms with van der Waals surface area (Å²) in [5.74, 6) is 0. The monoisotopic (exact) mass is 424 g/mol. The second-order valence-electron chi connectivity index (χ2n) is 6.97. The van der Waals surface area contributed by atoms with Gasteiger partial charge in [0, 0.05) is 20.6 Å². The minimum absolute atomic E-state index is 0.0267. The third-order valence-electron chi connectivity index (χ3n) is 5.42. The molecule has 0 saturated heterocycles. The van der Waals surface area contributed by atoms with E-state index in [1.54, 1.807) is 4.40 Å². The van der Waals surface area contributed by atoms with Crippen LogP contribution in [0.1, 0.15) is 0 Å². The Morgan fingerprint density at radius 1 is 0.750 bits per heavy atom. The highest BCUT2D eigenvalue weighted by Crippen LogP contribution is 2.34. The normalized spacial score (nSPS) is 11.9. The van der Waals surface area contributed by atoms with E-state index in [9.17, 15) is 4.79 Å². The molecule has 3 nitrogen and oxygen atoms in total. The quantitative estimate of drug-likeness (QED) is 0.323. The molecule has 4 aromatic carbocycles. The average Bonchev–Trinajstić information content (AvgIpc) is 3.12. The minimum atomic E-state index is -0.0267. The zero-order valence-electron chi connectivity index (χ0n) is 14.7. The molecule has 4 heteroatoms. The summed E-state index contributed by atoms with van der Waals surface area (Å²) >= 11 is 3.61.